The van der Waals surface area contributed by atoms with Gasteiger partial charge in [-0.05, 0) is 45.2 Å². The van der Waals surface area contributed by atoms with E-state index < -0.39 is 12.1 Å². The van der Waals surface area contributed by atoms with Gasteiger partial charge in [-0.15, -0.1) is 0 Å². The Kier molecular flexibility index (Phi) is 4.57. The topological polar surface area (TPSA) is 80.1 Å². The molecule has 2 atom stereocenters. The first-order valence-electron chi connectivity index (χ1n) is 8.42. The van der Waals surface area contributed by atoms with Crippen molar-refractivity contribution in [2.24, 2.45) is 0 Å². The van der Waals surface area contributed by atoms with E-state index in [0.29, 0.717) is 13.0 Å². The van der Waals surface area contributed by atoms with Crippen LogP contribution in [0.1, 0.15) is 36.1 Å². The van der Waals surface area contributed by atoms with Gasteiger partial charge in [-0.3, -0.25) is 9.59 Å². The van der Waals surface area contributed by atoms with Crippen molar-refractivity contribution in [3.63, 3.8) is 0 Å². The Bertz CT molecular complexity index is 777. The first-order valence-corrected chi connectivity index (χ1v) is 8.42. The molecule has 2 aromatic rings. The number of nitrogens with zero attached hydrogens (tertiary/aromatic N) is 4. The number of amides is 2. The van der Waals surface area contributed by atoms with E-state index in [0.717, 1.165) is 16.8 Å². The summed E-state index contributed by atoms with van der Waals surface area (Å²) in [5, 5.41) is 6.82. The summed E-state index contributed by atoms with van der Waals surface area (Å²) in [7, 11) is 0. The largest absolute Gasteiger partial charge is 0.342 e. The number of hydrogen-bond acceptors (Lipinski definition) is 4. The van der Waals surface area contributed by atoms with Crippen molar-refractivity contribution in [3.8, 4) is 0 Å². The number of carbonyl (C=O) groups is 2. The van der Waals surface area contributed by atoms with Crippen molar-refractivity contribution in [2.45, 2.75) is 46.2 Å². The molecule has 0 aliphatic carbocycles. The molecule has 1 N–H and O–H groups in total. The van der Waals surface area contributed by atoms with E-state index in [-0.39, 0.29) is 11.8 Å². The van der Waals surface area contributed by atoms with Crippen LogP contribution in [-0.2, 0) is 9.59 Å². The van der Waals surface area contributed by atoms with Gasteiger partial charge in [0.15, 0.2) is 0 Å². The van der Waals surface area contributed by atoms with Crippen molar-refractivity contribution in [2.75, 3.05) is 11.4 Å². The fourth-order valence-corrected chi connectivity index (χ4v) is 3.46. The first kappa shape index (κ1) is 17.1. The minimum Gasteiger partial charge on any atom is -0.342 e. The van der Waals surface area contributed by atoms with Crippen LogP contribution in [0.25, 0.3) is 0 Å². The van der Waals surface area contributed by atoms with Crippen molar-refractivity contribution in [1.82, 2.24) is 20.1 Å². The van der Waals surface area contributed by atoms with Crippen molar-refractivity contribution < 1.29 is 9.59 Å². The number of hydrogen-bond donors (Lipinski definition) is 1. The van der Waals surface area contributed by atoms with Crippen molar-refractivity contribution in [3.05, 3.63) is 41.5 Å². The molecule has 0 radical (unpaired) electrons. The Balaban J connectivity index is 1.73. The monoisotopic (exact) mass is 341 g/mol. The highest BCUT2D eigenvalue weighted by Gasteiger charge is 2.35. The van der Waals surface area contributed by atoms with E-state index in [4.69, 9.17) is 0 Å². The van der Waals surface area contributed by atoms with Gasteiger partial charge in [0.2, 0.25) is 11.8 Å². The van der Waals surface area contributed by atoms with Crippen LogP contribution >= 0.6 is 0 Å². The zero-order valence-corrected chi connectivity index (χ0v) is 15.0. The number of aryl methyl sites for hydroxylation is 3. The van der Waals surface area contributed by atoms with E-state index in [1.54, 1.807) is 11.8 Å². The number of benzene rings is 1. The lowest BCUT2D eigenvalue weighted by Gasteiger charge is -2.22. The third-order valence-corrected chi connectivity index (χ3v) is 4.64. The molecule has 7 nitrogen and oxygen atoms in total. The molecule has 0 bridgehead atoms. The highest BCUT2D eigenvalue weighted by Crippen LogP contribution is 2.30. The van der Waals surface area contributed by atoms with Crippen LogP contribution in [0.4, 0.5) is 5.69 Å². The zero-order valence-electron chi connectivity index (χ0n) is 15.0. The summed E-state index contributed by atoms with van der Waals surface area (Å²) in [5.74, 6) is -0.294. The highest BCUT2D eigenvalue weighted by molar-refractivity contribution is 6.02. The van der Waals surface area contributed by atoms with Crippen LogP contribution < -0.4 is 10.2 Å². The molecule has 1 aromatic carbocycles. The highest BCUT2D eigenvalue weighted by atomic mass is 16.2. The average molecular weight is 341 g/mol. The Morgan fingerprint density at radius 1 is 1.28 bits per heavy atom. The second-order valence-corrected chi connectivity index (χ2v) is 6.64. The molecule has 1 aliphatic rings. The summed E-state index contributed by atoms with van der Waals surface area (Å²) < 4.78 is 1.47. The molecular formula is C18H23N5O2. The van der Waals surface area contributed by atoms with Gasteiger partial charge in [0, 0.05) is 12.2 Å². The van der Waals surface area contributed by atoms with E-state index in [2.05, 4.69) is 27.5 Å². The molecule has 7 heteroatoms. The summed E-state index contributed by atoms with van der Waals surface area (Å²) in [6.45, 7) is 8.41. The third-order valence-electron chi connectivity index (χ3n) is 4.64. The minimum atomic E-state index is -0.507. The molecule has 1 aromatic heterocycles. The summed E-state index contributed by atoms with van der Waals surface area (Å²) in [5.41, 5.74) is 4.29. The molecule has 3 rings (SSSR count). The second-order valence-electron chi connectivity index (χ2n) is 6.64. The van der Waals surface area contributed by atoms with Gasteiger partial charge in [0.25, 0.3) is 0 Å². The molecule has 2 amide bonds. The minimum absolute atomic E-state index is 0.0609. The average Bonchev–Trinajstić information content (AvgIpc) is 3.18. The van der Waals surface area contributed by atoms with Crippen molar-refractivity contribution >= 4 is 17.5 Å². The maximum Gasteiger partial charge on any atom is 0.249 e. The summed E-state index contributed by atoms with van der Waals surface area (Å²) in [6.07, 6.45) is 3.47. The SMILES string of the molecule is Cc1cc(C)c(N2CC[C@H](NC(=O)[C@@H](C)n3cncn3)C2=O)c(C)c1. The lowest BCUT2D eigenvalue weighted by Crippen LogP contribution is -2.44. The maximum atomic E-state index is 12.8. The van der Waals surface area contributed by atoms with Gasteiger partial charge < -0.3 is 10.2 Å². The van der Waals surface area contributed by atoms with Gasteiger partial charge in [-0.2, -0.15) is 5.10 Å². The van der Waals surface area contributed by atoms with E-state index in [1.807, 2.05) is 20.8 Å². The third kappa shape index (κ3) is 3.26. The van der Waals surface area contributed by atoms with E-state index in [1.165, 1.54) is 22.9 Å². The van der Waals surface area contributed by atoms with E-state index in [9.17, 15) is 9.59 Å². The lowest BCUT2D eigenvalue weighted by atomic mass is 10.0. The first-order chi connectivity index (χ1) is 11.9. The smallest absolute Gasteiger partial charge is 0.249 e. The predicted molar refractivity (Wildman–Crippen MR) is 94.3 cm³/mol. The summed E-state index contributed by atoms with van der Waals surface area (Å²) in [4.78, 5) is 30.8. The zero-order chi connectivity index (χ0) is 18.1. The van der Waals surface area contributed by atoms with Crippen LogP contribution in [0.3, 0.4) is 0 Å². The van der Waals surface area contributed by atoms with Crippen LogP contribution in [0, 0.1) is 20.8 Å². The Labute approximate surface area is 147 Å². The second kappa shape index (κ2) is 6.66. The molecule has 25 heavy (non-hydrogen) atoms. The number of nitrogens with one attached hydrogen (secondary N) is 1. The molecule has 2 heterocycles. The molecule has 0 unspecified atom stereocenters. The molecular weight excluding hydrogens is 318 g/mol. The molecule has 1 aliphatic heterocycles. The Hall–Kier alpha value is -2.70. The van der Waals surface area contributed by atoms with Crippen LogP contribution in [0.15, 0.2) is 24.8 Å². The number of anilines is 1. The summed E-state index contributed by atoms with van der Waals surface area (Å²) in [6, 6.07) is 3.15. The molecule has 132 valence electrons. The predicted octanol–water partition coefficient (Wildman–Crippen LogP) is 1.69. The van der Waals surface area contributed by atoms with Gasteiger partial charge in [-0.25, -0.2) is 9.67 Å². The normalized spacial score (nSPS) is 18.5. The molecule has 1 fully saturated rings. The van der Waals surface area contributed by atoms with Crippen LogP contribution in [0.5, 0.6) is 0 Å². The maximum absolute atomic E-state index is 12.8. The number of aromatic nitrogens is 3. The van der Waals surface area contributed by atoms with Crippen molar-refractivity contribution in [1.29, 1.82) is 0 Å². The summed E-state index contributed by atoms with van der Waals surface area (Å²) >= 11 is 0. The molecule has 1 saturated heterocycles. The fourth-order valence-electron chi connectivity index (χ4n) is 3.46. The van der Waals surface area contributed by atoms with Gasteiger partial charge >= 0.3 is 0 Å². The number of rotatable bonds is 4. The van der Waals surface area contributed by atoms with Gasteiger partial charge in [0.1, 0.15) is 24.7 Å². The Morgan fingerprint density at radius 2 is 1.96 bits per heavy atom. The van der Waals surface area contributed by atoms with Crippen LogP contribution in [-0.4, -0.2) is 39.2 Å². The standard InChI is InChI=1S/C18H23N5O2/c1-11-7-12(2)16(13(3)8-11)22-6-5-15(18(22)25)21-17(24)14(4)23-10-19-9-20-23/h7-10,14-15H,5-6H2,1-4H3,(H,21,24)/t14-,15+/m1/s1. The number of carbonyl (C=O) groups excluding carboxylic acids is 2. The van der Waals surface area contributed by atoms with Gasteiger partial charge in [0.05, 0.1) is 0 Å². The van der Waals surface area contributed by atoms with E-state index >= 15 is 0 Å². The lowest BCUT2D eigenvalue weighted by molar-refractivity contribution is -0.128. The molecule has 0 saturated carbocycles. The molecule has 0 spiro atoms. The fraction of sp³-hybridized carbons (Fsp3) is 0.444. The van der Waals surface area contributed by atoms with Crippen LogP contribution in [0.2, 0.25) is 0 Å². The van der Waals surface area contributed by atoms with Gasteiger partial charge in [-0.1, -0.05) is 17.7 Å². The quantitative estimate of drug-likeness (QED) is 0.918. The Morgan fingerprint density at radius 3 is 2.56 bits per heavy atom.